The van der Waals surface area contributed by atoms with Crippen molar-refractivity contribution in [2.24, 2.45) is 0 Å². The second-order valence-electron chi connectivity index (χ2n) is 22.8. The van der Waals surface area contributed by atoms with Crippen LogP contribution in [0.3, 0.4) is 0 Å². The Morgan fingerprint density at radius 3 is 1.33 bits per heavy atom. The van der Waals surface area contributed by atoms with E-state index in [0.29, 0.717) is 12.8 Å². The van der Waals surface area contributed by atoms with Crippen LogP contribution in [0.25, 0.3) is 0 Å². The van der Waals surface area contributed by atoms with E-state index in [1.807, 2.05) is 6.08 Å². The molecule has 1 amide bonds. The number of hydrogen-bond acceptors (Lipinski definition) is 10. The van der Waals surface area contributed by atoms with Crippen LogP contribution in [-0.2, 0) is 23.8 Å². The summed E-state index contributed by atoms with van der Waals surface area (Å²) >= 11 is 0. The normalized spacial score (nSPS) is 19.3. The van der Waals surface area contributed by atoms with Gasteiger partial charge >= 0.3 is 5.97 Å². The van der Waals surface area contributed by atoms with Crippen molar-refractivity contribution < 1.29 is 49.3 Å². The third-order valence-electron chi connectivity index (χ3n) is 15.2. The van der Waals surface area contributed by atoms with Gasteiger partial charge in [-0.3, -0.25) is 9.59 Å². The molecule has 476 valence electrons. The number of ether oxygens (including phenoxy) is 3. The van der Waals surface area contributed by atoms with E-state index < -0.39 is 67.4 Å². The Kier molecular flexibility index (Phi) is 54.7. The lowest BCUT2D eigenvalue weighted by Gasteiger charge is -2.41. The van der Waals surface area contributed by atoms with Crippen molar-refractivity contribution >= 4 is 11.9 Å². The number of carbonyl (C=O) groups is 2. The monoisotopic (exact) mass is 1160 g/mol. The average molecular weight is 1160 g/mol. The Labute approximate surface area is 507 Å². The van der Waals surface area contributed by atoms with Gasteiger partial charge in [0.1, 0.15) is 24.4 Å². The lowest BCUT2D eigenvalue weighted by molar-refractivity contribution is -0.305. The smallest absolute Gasteiger partial charge is 0.306 e. The molecule has 8 unspecified atom stereocenters. The van der Waals surface area contributed by atoms with Crippen molar-refractivity contribution in [1.82, 2.24) is 5.32 Å². The van der Waals surface area contributed by atoms with Gasteiger partial charge in [-0.25, -0.2) is 0 Å². The molecule has 0 radical (unpaired) electrons. The summed E-state index contributed by atoms with van der Waals surface area (Å²) in [6.45, 7) is 5.64. The van der Waals surface area contributed by atoms with Gasteiger partial charge in [0.2, 0.25) is 5.91 Å². The van der Waals surface area contributed by atoms with Crippen LogP contribution in [0.2, 0.25) is 0 Å². The molecule has 0 aromatic heterocycles. The summed E-state index contributed by atoms with van der Waals surface area (Å²) in [4.78, 5) is 26.6. The minimum atomic E-state index is -1.64. The quantitative estimate of drug-likeness (QED) is 0.0195. The van der Waals surface area contributed by atoms with Gasteiger partial charge in [0.15, 0.2) is 12.4 Å². The predicted molar refractivity (Wildman–Crippen MR) is 347 cm³/mol. The number of nitrogens with one attached hydrogen (secondary N) is 1. The van der Waals surface area contributed by atoms with Gasteiger partial charge in [-0.1, -0.05) is 265 Å². The molecule has 0 spiro atoms. The van der Waals surface area contributed by atoms with E-state index >= 15 is 0 Å². The van der Waals surface area contributed by atoms with Gasteiger partial charge in [-0.05, 0) is 109 Å². The molecular formula is C72H123NO10. The Morgan fingerprint density at radius 2 is 0.867 bits per heavy atom. The number of allylic oxidation sites excluding steroid dienone is 17. The summed E-state index contributed by atoms with van der Waals surface area (Å²) in [5, 5.41) is 57.2. The van der Waals surface area contributed by atoms with E-state index in [2.05, 4.69) is 123 Å². The first kappa shape index (κ1) is 77.3. The van der Waals surface area contributed by atoms with Crippen molar-refractivity contribution in [1.29, 1.82) is 0 Å². The zero-order valence-corrected chi connectivity index (χ0v) is 52.8. The van der Waals surface area contributed by atoms with E-state index in [9.17, 15) is 35.1 Å². The van der Waals surface area contributed by atoms with E-state index in [1.54, 1.807) is 6.08 Å². The molecule has 1 aliphatic heterocycles. The predicted octanol–water partition coefficient (Wildman–Crippen LogP) is 16.8. The maximum absolute atomic E-state index is 13.5. The summed E-state index contributed by atoms with van der Waals surface area (Å²) in [5.74, 6) is -1.25. The van der Waals surface area contributed by atoms with Crippen molar-refractivity contribution in [3.8, 4) is 0 Å². The highest BCUT2D eigenvalue weighted by atomic mass is 16.7. The van der Waals surface area contributed by atoms with Crippen molar-refractivity contribution in [3.05, 3.63) is 109 Å². The van der Waals surface area contributed by atoms with Crippen molar-refractivity contribution in [2.75, 3.05) is 13.2 Å². The molecule has 11 nitrogen and oxygen atoms in total. The maximum atomic E-state index is 13.5. The minimum Gasteiger partial charge on any atom is -0.454 e. The van der Waals surface area contributed by atoms with E-state index in [1.165, 1.54) is 122 Å². The maximum Gasteiger partial charge on any atom is 0.306 e. The molecule has 0 aromatic carbocycles. The van der Waals surface area contributed by atoms with Crippen LogP contribution in [0.1, 0.15) is 271 Å². The van der Waals surface area contributed by atoms with Crippen LogP contribution >= 0.6 is 0 Å². The van der Waals surface area contributed by atoms with E-state index in [0.717, 1.165) is 103 Å². The molecule has 1 saturated heterocycles. The van der Waals surface area contributed by atoms with Gasteiger partial charge < -0.3 is 45.1 Å². The molecule has 6 N–H and O–H groups in total. The van der Waals surface area contributed by atoms with Crippen LogP contribution in [-0.4, -0.2) is 99.6 Å². The average Bonchev–Trinajstić information content (AvgIpc) is 3.58. The van der Waals surface area contributed by atoms with E-state index in [4.69, 9.17) is 14.2 Å². The third kappa shape index (κ3) is 46.2. The molecule has 1 heterocycles. The number of hydrogen-bond donors (Lipinski definition) is 6. The Bertz CT molecular complexity index is 1770. The highest BCUT2D eigenvalue weighted by Gasteiger charge is 2.47. The standard InChI is InChI=1S/C72H123NO10/c1-4-7-10-13-16-19-22-25-27-29-31-33-35-37-39-42-45-48-51-54-57-60-67(77)83-70-69(79)68(78)66(61-74)82-72(70)81-62-63(64(75)58-55-52-49-46-43-40-24-21-18-15-12-9-6-3)73-71(80)65(76)59-56-53-50-47-44-41-38-36-34-32-30-28-26-23-20-17-14-11-8-5-2/h7,10,16-17,19-20,25-28,31,33,37,39,45,48,55,58,63-66,68-70,72,74-76,78-79H,4-6,8-9,11-15,18,21-24,29-30,32,34-36,38,40-44,46-47,49-54,56-57,59-62H2,1-3H3,(H,73,80)/b10-7-,19-16-,20-17-,27-25-,28-26-,33-31-,39-37-,48-45-,58-55+. The fourth-order valence-corrected chi connectivity index (χ4v) is 9.86. The van der Waals surface area contributed by atoms with Crippen LogP contribution in [0, 0.1) is 0 Å². The zero-order chi connectivity index (χ0) is 60.3. The van der Waals surface area contributed by atoms with E-state index in [-0.39, 0.29) is 19.4 Å². The van der Waals surface area contributed by atoms with Crippen molar-refractivity contribution in [2.45, 2.75) is 320 Å². The lowest BCUT2D eigenvalue weighted by Crippen LogP contribution is -2.61. The van der Waals surface area contributed by atoms with Crippen LogP contribution in [0.4, 0.5) is 0 Å². The first-order valence-electron chi connectivity index (χ1n) is 33.7. The summed E-state index contributed by atoms with van der Waals surface area (Å²) in [7, 11) is 0. The number of unbranched alkanes of at least 4 members (excludes halogenated alkanes) is 26. The van der Waals surface area contributed by atoms with Crippen LogP contribution in [0.15, 0.2) is 109 Å². The topological polar surface area (TPSA) is 175 Å². The highest BCUT2D eigenvalue weighted by Crippen LogP contribution is 2.26. The number of aliphatic hydroxyl groups excluding tert-OH is 5. The first-order valence-corrected chi connectivity index (χ1v) is 33.7. The molecule has 11 heteroatoms. The summed E-state index contributed by atoms with van der Waals surface area (Å²) in [5.41, 5.74) is 0. The molecule has 83 heavy (non-hydrogen) atoms. The largest absolute Gasteiger partial charge is 0.454 e. The second-order valence-corrected chi connectivity index (χ2v) is 22.8. The number of esters is 1. The van der Waals surface area contributed by atoms with Gasteiger partial charge in [0, 0.05) is 6.42 Å². The highest BCUT2D eigenvalue weighted by molar-refractivity contribution is 5.80. The molecule has 0 bridgehead atoms. The zero-order valence-electron chi connectivity index (χ0n) is 52.8. The Morgan fingerprint density at radius 1 is 0.482 bits per heavy atom. The number of amides is 1. The van der Waals surface area contributed by atoms with Crippen LogP contribution < -0.4 is 5.32 Å². The Balaban J connectivity index is 2.68. The molecule has 0 saturated carbocycles. The lowest BCUT2D eigenvalue weighted by atomic mass is 9.99. The van der Waals surface area contributed by atoms with Gasteiger partial charge in [0.05, 0.1) is 25.4 Å². The number of rotatable bonds is 56. The minimum absolute atomic E-state index is 0.0633. The first-order chi connectivity index (χ1) is 40.7. The molecule has 1 rings (SSSR count). The number of aliphatic hydroxyl groups is 5. The molecular weight excluding hydrogens is 1040 g/mol. The van der Waals surface area contributed by atoms with Crippen molar-refractivity contribution in [3.63, 3.8) is 0 Å². The molecule has 1 aliphatic rings. The SMILES string of the molecule is CC/C=C\C/C=C\C/C=C\C/C=C\C/C=C\C/C=C\CCCCC(=O)OC1C(OCC(NC(=O)C(O)CCCCCCCCCCCC/C=C\C/C=C\CCCCC)C(O)/C=C/CCCCCCCCCCCCC)OC(CO)C(O)C1O. The molecule has 0 aliphatic carbocycles. The molecule has 8 atom stereocenters. The third-order valence-corrected chi connectivity index (χ3v) is 15.2. The molecule has 0 aromatic rings. The second kappa shape index (κ2) is 58.7. The fourth-order valence-electron chi connectivity index (χ4n) is 9.86. The molecule has 1 fully saturated rings. The summed E-state index contributed by atoms with van der Waals surface area (Å²) < 4.78 is 17.6. The van der Waals surface area contributed by atoms with Gasteiger partial charge in [0.25, 0.3) is 0 Å². The van der Waals surface area contributed by atoms with Gasteiger partial charge in [-0.2, -0.15) is 0 Å². The Hall–Kier alpha value is -3.68. The summed E-state index contributed by atoms with van der Waals surface area (Å²) in [6.07, 6.45) is 69.7. The van der Waals surface area contributed by atoms with Gasteiger partial charge in [-0.15, -0.1) is 0 Å². The fraction of sp³-hybridized carbons (Fsp3) is 0.722. The number of carbonyl (C=O) groups excluding carboxylic acids is 2. The van der Waals surface area contributed by atoms with Crippen LogP contribution in [0.5, 0.6) is 0 Å². The summed E-state index contributed by atoms with van der Waals surface area (Å²) in [6, 6.07) is -1.04.